The van der Waals surface area contributed by atoms with Crippen molar-refractivity contribution in [3.05, 3.63) is 69.3 Å². The minimum absolute atomic E-state index is 0.0806. The first-order valence-electron chi connectivity index (χ1n) is 12.3. The molecule has 1 radical (unpaired) electrons. The normalized spacial score (nSPS) is 16.8. The van der Waals surface area contributed by atoms with Crippen molar-refractivity contribution in [1.29, 1.82) is 0 Å². The van der Waals surface area contributed by atoms with Crippen LogP contribution in [-0.2, 0) is 22.3 Å². The van der Waals surface area contributed by atoms with Crippen LogP contribution in [0, 0.1) is 13.8 Å². The van der Waals surface area contributed by atoms with Gasteiger partial charge in [-0.3, -0.25) is 14.2 Å². The van der Waals surface area contributed by atoms with Gasteiger partial charge >= 0.3 is 12.4 Å². The molecule has 2 aromatic rings. The molecule has 1 fully saturated rings. The first-order chi connectivity index (χ1) is 17.3. The van der Waals surface area contributed by atoms with Crippen molar-refractivity contribution in [3.63, 3.8) is 0 Å². The highest BCUT2D eigenvalue weighted by Crippen LogP contribution is 2.55. The van der Waals surface area contributed by atoms with Gasteiger partial charge in [-0.25, -0.2) is 0 Å². The smallest absolute Gasteiger partial charge is 0.293 e. The fourth-order valence-electron chi connectivity index (χ4n) is 5.19. The molecule has 0 aliphatic heterocycles. The summed E-state index contributed by atoms with van der Waals surface area (Å²) in [6.45, 7) is 9.17. The lowest BCUT2D eigenvalue weighted by Gasteiger charge is -2.35. The lowest BCUT2D eigenvalue weighted by atomic mass is 9.80. The fourth-order valence-corrected chi connectivity index (χ4v) is 7.15. The number of carbonyl (C=O) groups is 2. The highest BCUT2D eigenvalue weighted by molar-refractivity contribution is 7.67. The van der Waals surface area contributed by atoms with E-state index < -0.39 is 53.3 Å². The van der Waals surface area contributed by atoms with Crippen LogP contribution in [0.1, 0.15) is 101 Å². The number of ketones is 1. The van der Waals surface area contributed by atoms with Gasteiger partial charge in [0.05, 0.1) is 11.1 Å². The van der Waals surface area contributed by atoms with Gasteiger partial charge in [0.15, 0.2) is 13.6 Å². The molecule has 3 nitrogen and oxygen atoms in total. The van der Waals surface area contributed by atoms with E-state index in [1.54, 1.807) is 26.0 Å². The number of alkyl halides is 6. The van der Waals surface area contributed by atoms with Gasteiger partial charge in [0.1, 0.15) is 5.16 Å². The molecule has 1 atom stereocenters. The molecule has 1 aliphatic carbocycles. The van der Waals surface area contributed by atoms with Crippen LogP contribution in [0.4, 0.5) is 26.3 Å². The molecular weight excluding hydrogens is 529 g/mol. The summed E-state index contributed by atoms with van der Waals surface area (Å²) in [5, 5.41) is -2.17. The number of hydrogen-bond acceptors (Lipinski definition) is 3. The monoisotopic (exact) mass is 559 g/mol. The van der Waals surface area contributed by atoms with Gasteiger partial charge in [-0.15, -0.1) is 0 Å². The molecular formula is C28H30F6O3P. The summed E-state index contributed by atoms with van der Waals surface area (Å²) in [6, 6.07) is 4.91. The molecule has 0 N–H and O–H groups in total. The Morgan fingerprint density at radius 2 is 1.24 bits per heavy atom. The van der Waals surface area contributed by atoms with Crippen LogP contribution in [-0.4, -0.2) is 16.5 Å². The van der Waals surface area contributed by atoms with E-state index in [-0.39, 0.29) is 36.7 Å². The summed E-state index contributed by atoms with van der Waals surface area (Å²) < 4.78 is 97.2. The standard InChI is InChI=1S/C28H30F6O3P/c1-16-14-18(25(3,4)5)15-17(2)21(16)24(36)38(37)26(12-7-6-8-13-26)23(35)22-19(27(29,30)31)10-9-11-20(22)28(32,33)34/h9-11,14-15H,6-8,12-13H2,1-5H3. The Hall–Kier alpha value is -2.54. The highest BCUT2D eigenvalue weighted by Gasteiger charge is 2.53. The first kappa shape index (κ1) is 30.0. The Balaban J connectivity index is 2.23. The third kappa shape index (κ3) is 5.58. The van der Waals surface area contributed by atoms with Crippen LogP contribution < -0.4 is 0 Å². The molecule has 0 spiro atoms. The van der Waals surface area contributed by atoms with Crippen LogP contribution in [0.3, 0.4) is 0 Å². The number of Topliss-reactive ketones (excluding diaryl/α,β-unsaturated/α-hetero) is 1. The Morgan fingerprint density at radius 1 is 0.789 bits per heavy atom. The maximum atomic E-state index is 14.0. The van der Waals surface area contributed by atoms with E-state index in [1.165, 1.54) is 0 Å². The number of aryl methyl sites for hydroxylation is 2. The largest absolute Gasteiger partial charge is 0.417 e. The molecule has 0 heterocycles. The molecule has 0 amide bonds. The molecule has 3 rings (SSSR count). The number of benzene rings is 2. The summed E-state index contributed by atoms with van der Waals surface area (Å²) in [6.07, 6.45) is -9.98. The van der Waals surface area contributed by atoms with Crippen molar-refractivity contribution in [1.82, 2.24) is 0 Å². The fraction of sp³-hybridized carbons (Fsp3) is 0.500. The predicted octanol–water partition coefficient (Wildman–Crippen LogP) is 9.19. The SMILES string of the molecule is Cc1cc(C(C)(C)C)cc(C)c1C(=O)[P](=O)C1(C(=O)c2c(C(F)(F)F)cccc2C(F)(F)F)CCCCC1. The summed E-state index contributed by atoms with van der Waals surface area (Å²) >= 11 is 0. The summed E-state index contributed by atoms with van der Waals surface area (Å²) in [4.78, 5) is 27.5. The first-order valence-corrected chi connectivity index (χ1v) is 13.5. The van der Waals surface area contributed by atoms with E-state index in [1.807, 2.05) is 20.8 Å². The van der Waals surface area contributed by atoms with Crippen LogP contribution in [0.2, 0.25) is 0 Å². The average Bonchev–Trinajstić information content (AvgIpc) is 2.80. The molecule has 1 aliphatic rings. The second kappa shape index (κ2) is 10.2. The minimum Gasteiger partial charge on any atom is -0.293 e. The third-order valence-corrected chi connectivity index (χ3v) is 9.21. The second-order valence-corrected chi connectivity index (χ2v) is 12.8. The van der Waals surface area contributed by atoms with Gasteiger partial charge in [-0.05, 0) is 60.9 Å². The average molecular weight is 560 g/mol. The van der Waals surface area contributed by atoms with Gasteiger partial charge in [0.25, 0.3) is 0 Å². The number of halogens is 6. The minimum atomic E-state index is -5.27. The maximum absolute atomic E-state index is 14.0. The van der Waals surface area contributed by atoms with Crippen molar-refractivity contribution in [2.24, 2.45) is 0 Å². The van der Waals surface area contributed by atoms with E-state index in [4.69, 9.17) is 0 Å². The van der Waals surface area contributed by atoms with Gasteiger partial charge in [0, 0.05) is 11.1 Å². The zero-order valence-electron chi connectivity index (χ0n) is 21.9. The molecule has 0 bridgehead atoms. The highest BCUT2D eigenvalue weighted by atomic mass is 31.1. The van der Waals surface area contributed by atoms with Gasteiger partial charge in [0.2, 0.25) is 5.52 Å². The predicted molar refractivity (Wildman–Crippen MR) is 133 cm³/mol. The number of carbonyl (C=O) groups excluding carboxylic acids is 2. The summed E-state index contributed by atoms with van der Waals surface area (Å²) in [5.41, 5.74) is -4.32. The van der Waals surface area contributed by atoms with Crippen LogP contribution in [0.15, 0.2) is 30.3 Å². The zero-order valence-corrected chi connectivity index (χ0v) is 22.8. The Labute approximate surface area is 218 Å². The molecule has 207 valence electrons. The Kier molecular flexibility index (Phi) is 8.07. The number of rotatable bonds is 5. The maximum Gasteiger partial charge on any atom is 0.417 e. The summed E-state index contributed by atoms with van der Waals surface area (Å²) in [7, 11) is -3.22. The van der Waals surface area contributed by atoms with Crippen molar-refractivity contribution in [2.45, 2.75) is 89.6 Å². The Bertz CT molecular complexity index is 1220. The van der Waals surface area contributed by atoms with Crippen LogP contribution in [0.5, 0.6) is 0 Å². The van der Waals surface area contributed by atoms with E-state index in [0.29, 0.717) is 35.7 Å². The van der Waals surface area contributed by atoms with Crippen LogP contribution >= 0.6 is 7.80 Å². The quantitative estimate of drug-likeness (QED) is 0.209. The van der Waals surface area contributed by atoms with Crippen LogP contribution in [0.25, 0.3) is 0 Å². The lowest BCUT2D eigenvalue weighted by Crippen LogP contribution is -2.41. The zero-order chi connectivity index (χ0) is 28.8. The molecule has 1 unspecified atom stereocenters. The molecule has 38 heavy (non-hydrogen) atoms. The molecule has 0 aromatic heterocycles. The molecule has 1 saturated carbocycles. The van der Waals surface area contributed by atoms with Crippen molar-refractivity contribution >= 4 is 19.1 Å². The van der Waals surface area contributed by atoms with Crippen molar-refractivity contribution in [2.75, 3.05) is 0 Å². The molecule has 10 heteroatoms. The van der Waals surface area contributed by atoms with E-state index in [9.17, 15) is 40.5 Å². The number of hydrogen-bond donors (Lipinski definition) is 0. The second-order valence-electron chi connectivity index (χ2n) is 11.0. The Morgan fingerprint density at radius 3 is 1.63 bits per heavy atom. The van der Waals surface area contributed by atoms with Gasteiger partial charge in [-0.2, -0.15) is 26.3 Å². The topological polar surface area (TPSA) is 51.2 Å². The summed E-state index contributed by atoms with van der Waals surface area (Å²) in [5.74, 6) is -1.53. The van der Waals surface area contributed by atoms with Crippen molar-refractivity contribution in [3.8, 4) is 0 Å². The van der Waals surface area contributed by atoms with Gasteiger partial charge in [-0.1, -0.05) is 58.2 Å². The lowest BCUT2D eigenvalue weighted by molar-refractivity contribution is -0.143. The van der Waals surface area contributed by atoms with Gasteiger partial charge < -0.3 is 0 Å². The van der Waals surface area contributed by atoms with Crippen molar-refractivity contribution < 1.29 is 40.5 Å². The van der Waals surface area contributed by atoms with E-state index >= 15 is 0 Å². The molecule has 2 aromatic carbocycles. The molecule has 0 saturated heterocycles. The third-order valence-electron chi connectivity index (χ3n) is 7.19. The van der Waals surface area contributed by atoms with E-state index in [2.05, 4.69) is 0 Å². The van der Waals surface area contributed by atoms with E-state index in [0.717, 1.165) is 5.56 Å².